The molecule has 5 nitrogen and oxygen atoms in total. The fourth-order valence-electron chi connectivity index (χ4n) is 2.00. The molecule has 6 heteroatoms. The fourth-order valence-corrected chi connectivity index (χ4v) is 2.36. The van der Waals surface area contributed by atoms with Crippen molar-refractivity contribution in [3.8, 4) is 0 Å². The highest BCUT2D eigenvalue weighted by Crippen LogP contribution is 2.24. The Bertz CT molecular complexity index is 717. The molecule has 0 saturated heterocycles. The number of amides is 1. The maximum Gasteiger partial charge on any atom is 0.341 e. The fraction of sp³-hybridized carbons (Fsp3) is 0.176. The molecule has 0 saturated carbocycles. The van der Waals surface area contributed by atoms with Gasteiger partial charge in [-0.1, -0.05) is 46.3 Å². The summed E-state index contributed by atoms with van der Waals surface area (Å²) in [4.78, 5) is 26.2. The number of benzene rings is 2. The van der Waals surface area contributed by atoms with Crippen LogP contribution in [0.4, 0.5) is 5.69 Å². The summed E-state index contributed by atoms with van der Waals surface area (Å²) in [5.74, 6) is -0.967. The SMILES string of the molecule is CN(C)C(=O)[C@H](OC(=O)c1cc(Br)ccc1N)c1ccccc1. The van der Waals surface area contributed by atoms with Crippen molar-refractivity contribution >= 4 is 33.5 Å². The van der Waals surface area contributed by atoms with E-state index in [1.54, 1.807) is 56.6 Å². The van der Waals surface area contributed by atoms with Gasteiger partial charge in [-0.2, -0.15) is 0 Å². The van der Waals surface area contributed by atoms with Gasteiger partial charge in [-0.25, -0.2) is 4.79 Å². The number of anilines is 1. The van der Waals surface area contributed by atoms with Gasteiger partial charge < -0.3 is 15.4 Å². The molecule has 1 atom stereocenters. The molecule has 2 N–H and O–H groups in total. The smallest absolute Gasteiger partial charge is 0.341 e. The third kappa shape index (κ3) is 4.10. The minimum atomic E-state index is -1.02. The lowest BCUT2D eigenvalue weighted by molar-refractivity contribution is -0.138. The Balaban J connectivity index is 2.32. The second kappa shape index (κ2) is 7.28. The Morgan fingerprint density at radius 1 is 1.13 bits per heavy atom. The van der Waals surface area contributed by atoms with E-state index < -0.39 is 12.1 Å². The number of rotatable bonds is 4. The van der Waals surface area contributed by atoms with Crippen molar-refractivity contribution in [2.75, 3.05) is 19.8 Å². The van der Waals surface area contributed by atoms with E-state index in [9.17, 15) is 9.59 Å². The van der Waals surface area contributed by atoms with Gasteiger partial charge in [0, 0.05) is 29.8 Å². The Labute approximate surface area is 143 Å². The summed E-state index contributed by atoms with van der Waals surface area (Å²) in [5, 5.41) is 0. The van der Waals surface area contributed by atoms with Gasteiger partial charge in [-0.05, 0) is 18.2 Å². The molecule has 2 aromatic carbocycles. The summed E-state index contributed by atoms with van der Waals surface area (Å²) in [6.45, 7) is 0. The number of carbonyl (C=O) groups is 2. The van der Waals surface area contributed by atoms with E-state index in [1.807, 2.05) is 6.07 Å². The van der Waals surface area contributed by atoms with Crippen molar-refractivity contribution < 1.29 is 14.3 Å². The van der Waals surface area contributed by atoms with E-state index in [4.69, 9.17) is 10.5 Å². The molecular formula is C17H17BrN2O3. The summed E-state index contributed by atoms with van der Waals surface area (Å²) in [6, 6.07) is 13.8. The first-order valence-electron chi connectivity index (χ1n) is 6.92. The van der Waals surface area contributed by atoms with Crippen molar-refractivity contribution in [2.45, 2.75) is 6.10 Å². The topological polar surface area (TPSA) is 72.6 Å². The molecule has 23 heavy (non-hydrogen) atoms. The summed E-state index contributed by atoms with van der Waals surface area (Å²) in [7, 11) is 3.22. The first kappa shape index (κ1) is 17.0. The molecule has 0 fully saturated rings. The average Bonchev–Trinajstić information content (AvgIpc) is 2.54. The maximum absolute atomic E-state index is 12.4. The van der Waals surface area contributed by atoms with E-state index in [0.717, 1.165) is 0 Å². The monoisotopic (exact) mass is 376 g/mol. The molecule has 0 aliphatic carbocycles. The number of hydrogen-bond acceptors (Lipinski definition) is 4. The number of hydrogen-bond donors (Lipinski definition) is 1. The van der Waals surface area contributed by atoms with Gasteiger partial charge in [0.25, 0.3) is 5.91 Å². The lowest BCUT2D eigenvalue weighted by atomic mass is 10.1. The first-order chi connectivity index (χ1) is 10.9. The Morgan fingerprint density at radius 3 is 2.39 bits per heavy atom. The Morgan fingerprint density at radius 2 is 1.78 bits per heavy atom. The van der Waals surface area contributed by atoms with Crippen LogP contribution in [0.3, 0.4) is 0 Å². The molecule has 2 rings (SSSR count). The summed E-state index contributed by atoms with van der Waals surface area (Å²) in [5.41, 5.74) is 6.94. The van der Waals surface area contributed by atoms with Crippen molar-refractivity contribution in [1.29, 1.82) is 0 Å². The third-order valence-electron chi connectivity index (χ3n) is 3.23. The van der Waals surface area contributed by atoms with Crippen LogP contribution >= 0.6 is 15.9 Å². The highest BCUT2D eigenvalue weighted by Gasteiger charge is 2.27. The normalized spacial score (nSPS) is 11.6. The summed E-state index contributed by atoms with van der Waals surface area (Å²) in [6.07, 6.45) is -1.02. The molecule has 1 amide bonds. The minimum Gasteiger partial charge on any atom is -0.444 e. The molecular weight excluding hydrogens is 360 g/mol. The van der Waals surface area contributed by atoms with E-state index in [-0.39, 0.29) is 11.5 Å². The number of nitrogen functional groups attached to an aromatic ring is 1. The zero-order chi connectivity index (χ0) is 17.0. The molecule has 0 bridgehead atoms. The lowest BCUT2D eigenvalue weighted by Gasteiger charge is -2.21. The van der Waals surface area contributed by atoms with Gasteiger partial charge >= 0.3 is 5.97 Å². The van der Waals surface area contributed by atoms with Crippen LogP contribution in [-0.4, -0.2) is 30.9 Å². The molecule has 0 spiro atoms. The molecule has 0 aromatic heterocycles. The van der Waals surface area contributed by atoms with Crippen LogP contribution in [0.5, 0.6) is 0 Å². The molecule has 0 aliphatic heterocycles. The Kier molecular flexibility index (Phi) is 5.39. The maximum atomic E-state index is 12.4. The van der Waals surface area contributed by atoms with Crippen LogP contribution in [0.15, 0.2) is 53.0 Å². The largest absolute Gasteiger partial charge is 0.444 e. The number of nitrogens with zero attached hydrogens (tertiary/aromatic N) is 1. The quantitative estimate of drug-likeness (QED) is 0.657. The number of nitrogens with two attached hydrogens (primary N) is 1. The highest BCUT2D eigenvalue weighted by atomic mass is 79.9. The number of carbonyl (C=O) groups excluding carboxylic acids is 2. The van der Waals surface area contributed by atoms with Gasteiger partial charge in [0.2, 0.25) is 6.10 Å². The predicted octanol–water partition coefficient (Wildman–Crippen LogP) is 3.02. The van der Waals surface area contributed by atoms with E-state index >= 15 is 0 Å². The molecule has 0 aliphatic rings. The lowest BCUT2D eigenvalue weighted by Crippen LogP contribution is -2.31. The zero-order valence-corrected chi connectivity index (χ0v) is 14.4. The molecule has 0 heterocycles. The van der Waals surface area contributed by atoms with Crippen LogP contribution in [0.2, 0.25) is 0 Å². The van der Waals surface area contributed by atoms with Gasteiger partial charge in [-0.15, -0.1) is 0 Å². The van der Waals surface area contributed by atoms with Gasteiger partial charge in [0.15, 0.2) is 0 Å². The first-order valence-corrected chi connectivity index (χ1v) is 7.71. The zero-order valence-electron chi connectivity index (χ0n) is 12.8. The molecule has 0 radical (unpaired) electrons. The summed E-state index contributed by atoms with van der Waals surface area (Å²) >= 11 is 3.29. The third-order valence-corrected chi connectivity index (χ3v) is 3.72. The van der Waals surface area contributed by atoms with E-state index in [1.165, 1.54) is 4.90 Å². The second-order valence-electron chi connectivity index (χ2n) is 5.16. The van der Waals surface area contributed by atoms with Crippen molar-refractivity contribution in [1.82, 2.24) is 4.90 Å². The summed E-state index contributed by atoms with van der Waals surface area (Å²) < 4.78 is 6.15. The van der Waals surface area contributed by atoms with Crippen LogP contribution in [0.1, 0.15) is 22.0 Å². The Hall–Kier alpha value is -2.34. The average molecular weight is 377 g/mol. The van der Waals surface area contributed by atoms with Gasteiger partial charge in [0.1, 0.15) is 0 Å². The van der Waals surface area contributed by atoms with Crippen molar-refractivity contribution in [3.05, 3.63) is 64.1 Å². The van der Waals surface area contributed by atoms with Crippen LogP contribution in [0, 0.1) is 0 Å². The van der Waals surface area contributed by atoms with E-state index in [0.29, 0.717) is 15.7 Å². The highest BCUT2D eigenvalue weighted by molar-refractivity contribution is 9.10. The molecule has 0 unspecified atom stereocenters. The predicted molar refractivity (Wildman–Crippen MR) is 91.8 cm³/mol. The number of esters is 1. The van der Waals surface area contributed by atoms with Crippen LogP contribution < -0.4 is 5.73 Å². The van der Waals surface area contributed by atoms with Crippen molar-refractivity contribution in [2.24, 2.45) is 0 Å². The van der Waals surface area contributed by atoms with Gasteiger partial charge in [-0.3, -0.25) is 4.79 Å². The minimum absolute atomic E-state index is 0.215. The van der Waals surface area contributed by atoms with Crippen molar-refractivity contribution in [3.63, 3.8) is 0 Å². The number of ether oxygens (including phenoxy) is 1. The second-order valence-corrected chi connectivity index (χ2v) is 6.08. The van der Waals surface area contributed by atoms with E-state index in [2.05, 4.69) is 15.9 Å². The standard InChI is InChI=1S/C17H17BrN2O3/c1-20(2)16(21)15(11-6-4-3-5-7-11)23-17(22)13-10-12(18)8-9-14(13)19/h3-10,15H,19H2,1-2H3/t15-/m1/s1. The van der Waals surface area contributed by atoms with Crippen LogP contribution in [0.25, 0.3) is 0 Å². The molecule has 120 valence electrons. The molecule has 2 aromatic rings. The number of likely N-dealkylation sites (N-methyl/N-ethyl adjacent to an activating group) is 1. The van der Waals surface area contributed by atoms with Crippen LogP contribution in [-0.2, 0) is 9.53 Å². The van der Waals surface area contributed by atoms with Gasteiger partial charge in [0.05, 0.1) is 5.56 Å². The number of halogens is 1.